The van der Waals surface area contributed by atoms with Gasteiger partial charge in [0.1, 0.15) is 17.8 Å². The fourth-order valence-electron chi connectivity index (χ4n) is 2.94. The maximum Gasteiger partial charge on any atom is 0.302 e. The van der Waals surface area contributed by atoms with Gasteiger partial charge in [0.05, 0.1) is 25.4 Å². The molecule has 0 bridgehead atoms. The smallest absolute Gasteiger partial charge is 0.302 e. The number of nitrogens with one attached hydrogen (secondary N) is 2. The molecule has 2 aromatic carbocycles. The lowest BCUT2D eigenvalue weighted by atomic mass is 10.1. The van der Waals surface area contributed by atoms with Gasteiger partial charge in [-0.3, -0.25) is 4.31 Å². The highest BCUT2D eigenvalue weighted by atomic mass is 32.2. The average Bonchev–Trinajstić information content (AvgIpc) is 2.98. The zero-order chi connectivity index (χ0) is 19.4. The molecule has 1 aliphatic rings. The second-order valence-electron chi connectivity index (χ2n) is 6.14. The van der Waals surface area contributed by atoms with Crippen LogP contribution in [0.5, 0.6) is 11.5 Å². The molecule has 9 heteroatoms. The van der Waals surface area contributed by atoms with Gasteiger partial charge in [-0.1, -0.05) is 24.3 Å². The average molecular weight is 391 g/mol. The number of ether oxygens (including phenoxy) is 1. The van der Waals surface area contributed by atoms with Gasteiger partial charge in [-0.2, -0.15) is 13.1 Å². The quantitative estimate of drug-likeness (QED) is 0.606. The highest BCUT2D eigenvalue weighted by Crippen LogP contribution is 2.32. The third kappa shape index (κ3) is 4.21. The molecule has 1 heterocycles. The zero-order valence-corrected chi connectivity index (χ0v) is 15.6. The fourth-order valence-corrected chi connectivity index (χ4v) is 4.34. The highest BCUT2D eigenvalue weighted by molar-refractivity contribution is 7.91. The number of phenolic OH excluding ortho intramolecular Hbond substituents is 1. The van der Waals surface area contributed by atoms with Crippen LogP contribution in [0, 0.1) is 0 Å². The van der Waals surface area contributed by atoms with Crippen molar-refractivity contribution in [3.8, 4) is 11.5 Å². The first-order valence-corrected chi connectivity index (χ1v) is 9.78. The minimum absolute atomic E-state index is 0.0580. The van der Waals surface area contributed by atoms with Gasteiger partial charge in [0, 0.05) is 18.7 Å². The number of hydrogen-bond donors (Lipinski definition) is 3. The maximum atomic E-state index is 12.2. The van der Waals surface area contributed by atoms with Crippen LogP contribution in [0.15, 0.2) is 42.5 Å². The van der Waals surface area contributed by atoms with Gasteiger partial charge < -0.3 is 20.0 Å². The molecule has 144 valence electrons. The Bertz CT molecular complexity index is 932. The van der Waals surface area contributed by atoms with Crippen molar-refractivity contribution < 1.29 is 23.1 Å². The molecule has 0 spiro atoms. The summed E-state index contributed by atoms with van der Waals surface area (Å²) in [6, 6.07) is 11.6. The van der Waals surface area contributed by atoms with E-state index in [1.807, 2.05) is 24.3 Å². The first kappa shape index (κ1) is 19.2. The van der Waals surface area contributed by atoms with Gasteiger partial charge in [-0.15, -0.1) is 0 Å². The highest BCUT2D eigenvalue weighted by Gasteiger charge is 2.36. The number of para-hydroxylation sites is 1. The van der Waals surface area contributed by atoms with Crippen LogP contribution < -0.4 is 19.1 Å². The molecule has 2 aromatic rings. The maximum absolute atomic E-state index is 12.2. The number of benzene rings is 2. The number of nitrogens with zero attached hydrogens (tertiary/aromatic N) is 1. The van der Waals surface area contributed by atoms with Crippen LogP contribution in [0.4, 0.5) is 5.69 Å². The van der Waals surface area contributed by atoms with Crippen molar-refractivity contribution in [2.75, 3.05) is 18.0 Å². The SMILES string of the molecule is COc1ccccc1CNCc1ccc(O)c(N2CC(C=O)NS2(=O)=O)c1. The minimum atomic E-state index is -3.86. The number of hydrogen-bond acceptors (Lipinski definition) is 6. The Morgan fingerprint density at radius 3 is 2.78 bits per heavy atom. The first-order valence-electron chi connectivity index (χ1n) is 8.34. The Kier molecular flexibility index (Phi) is 5.64. The van der Waals surface area contributed by atoms with Gasteiger partial charge in [0.15, 0.2) is 0 Å². The summed E-state index contributed by atoms with van der Waals surface area (Å²) in [5.74, 6) is 0.617. The van der Waals surface area contributed by atoms with Crippen LogP contribution in [0.25, 0.3) is 0 Å². The van der Waals surface area contributed by atoms with Crippen molar-refractivity contribution in [1.29, 1.82) is 0 Å². The van der Waals surface area contributed by atoms with Gasteiger partial charge in [0.25, 0.3) is 0 Å². The number of carbonyl (C=O) groups excluding carboxylic acids is 1. The molecule has 0 saturated carbocycles. The van der Waals surface area contributed by atoms with Gasteiger partial charge >= 0.3 is 10.2 Å². The molecule has 0 amide bonds. The summed E-state index contributed by atoms with van der Waals surface area (Å²) in [6.07, 6.45) is 0.535. The second kappa shape index (κ2) is 7.95. The van der Waals surface area contributed by atoms with Crippen LogP contribution in [0.1, 0.15) is 11.1 Å². The van der Waals surface area contributed by atoms with Crippen molar-refractivity contribution in [2.45, 2.75) is 19.1 Å². The summed E-state index contributed by atoms with van der Waals surface area (Å²) >= 11 is 0. The molecule has 1 saturated heterocycles. The van der Waals surface area contributed by atoms with Crippen LogP contribution in [-0.2, 0) is 28.1 Å². The van der Waals surface area contributed by atoms with E-state index >= 15 is 0 Å². The van der Waals surface area contributed by atoms with E-state index < -0.39 is 16.3 Å². The lowest BCUT2D eigenvalue weighted by Gasteiger charge is -2.18. The number of phenols is 1. The minimum Gasteiger partial charge on any atom is -0.506 e. The van der Waals surface area contributed by atoms with Crippen molar-refractivity contribution in [1.82, 2.24) is 10.0 Å². The number of aromatic hydroxyl groups is 1. The third-order valence-corrected chi connectivity index (χ3v) is 5.79. The molecule has 1 unspecified atom stereocenters. The number of methoxy groups -OCH3 is 1. The Labute approximate surface area is 157 Å². The molecular weight excluding hydrogens is 370 g/mol. The lowest BCUT2D eigenvalue weighted by Crippen LogP contribution is -2.30. The monoisotopic (exact) mass is 391 g/mol. The fraction of sp³-hybridized carbons (Fsp3) is 0.278. The van der Waals surface area contributed by atoms with Gasteiger partial charge in [-0.25, -0.2) is 0 Å². The van der Waals surface area contributed by atoms with E-state index in [0.29, 0.717) is 19.4 Å². The van der Waals surface area contributed by atoms with E-state index in [2.05, 4.69) is 10.0 Å². The van der Waals surface area contributed by atoms with Gasteiger partial charge in [0.2, 0.25) is 0 Å². The predicted octanol–water partition coefficient (Wildman–Crippen LogP) is 0.913. The summed E-state index contributed by atoms with van der Waals surface area (Å²) in [7, 11) is -2.24. The summed E-state index contributed by atoms with van der Waals surface area (Å²) in [5.41, 5.74) is 1.94. The van der Waals surface area contributed by atoms with E-state index in [4.69, 9.17) is 4.74 Å². The van der Waals surface area contributed by atoms with E-state index in [9.17, 15) is 18.3 Å². The van der Waals surface area contributed by atoms with Crippen molar-refractivity contribution in [2.24, 2.45) is 0 Å². The number of anilines is 1. The van der Waals surface area contributed by atoms with E-state index in [1.165, 1.54) is 6.07 Å². The second-order valence-corrected chi connectivity index (χ2v) is 7.76. The summed E-state index contributed by atoms with van der Waals surface area (Å²) < 4.78 is 32.9. The van der Waals surface area contributed by atoms with Crippen LogP contribution in [-0.4, -0.2) is 39.5 Å². The Morgan fingerprint density at radius 1 is 1.30 bits per heavy atom. The summed E-state index contributed by atoms with van der Waals surface area (Å²) in [5, 5.41) is 13.4. The van der Waals surface area contributed by atoms with E-state index in [-0.39, 0.29) is 18.0 Å². The number of carbonyl (C=O) groups is 1. The van der Waals surface area contributed by atoms with E-state index in [1.54, 1.807) is 19.2 Å². The third-order valence-electron chi connectivity index (χ3n) is 4.26. The Morgan fingerprint density at radius 2 is 2.07 bits per heavy atom. The molecule has 8 nitrogen and oxygen atoms in total. The van der Waals surface area contributed by atoms with Crippen LogP contribution in [0.2, 0.25) is 0 Å². The van der Waals surface area contributed by atoms with Crippen LogP contribution >= 0.6 is 0 Å². The molecule has 27 heavy (non-hydrogen) atoms. The standard InChI is InChI=1S/C18H21N3O5S/c1-26-18-5-3-2-4-14(18)10-19-9-13-6-7-17(23)16(8-13)21-11-15(12-22)20-27(21,24)25/h2-8,12,15,19-20,23H,9-11H2,1H3. The lowest BCUT2D eigenvalue weighted by molar-refractivity contribution is -0.108. The van der Waals surface area contributed by atoms with Crippen LogP contribution in [0.3, 0.4) is 0 Å². The molecule has 1 atom stereocenters. The first-order chi connectivity index (χ1) is 12.9. The Hall–Kier alpha value is -2.62. The topological polar surface area (TPSA) is 108 Å². The zero-order valence-electron chi connectivity index (χ0n) is 14.8. The van der Waals surface area contributed by atoms with Crippen molar-refractivity contribution in [3.05, 3.63) is 53.6 Å². The molecule has 1 aliphatic heterocycles. The van der Waals surface area contributed by atoms with Crippen molar-refractivity contribution >= 4 is 22.2 Å². The molecule has 0 radical (unpaired) electrons. The van der Waals surface area contributed by atoms with Gasteiger partial charge in [-0.05, 0) is 23.8 Å². The Balaban J connectivity index is 1.73. The number of aldehydes is 1. The molecular formula is C18H21N3O5S. The molecule has 0 aromatic heterocycles. The van der Waals surface area contributed by atoms with Crippen molar-refractivity contribution in [3.63, 3.8) is 0 Å². The summed E-state index contributed by atoms with van der Waals surface area (Å²) in [4.78, 5) is 10.9. The molecule has 3 N–H and O–H groups in total. The number of rotatable bonds is 7. The normalized spacial score (nSPS) is 18.4. The largest absolute Gasteiger partial charge is 0.506 e. The molecule has 3 rings (SSSR count). The summed E-state index contributed by atoms with van der Waals surface area (Å²) in [6.45, 7) is 0.970. The predicted molar refractivity (Wildman–Crippen MR) is 101 cm³/mol. The molecule has 1 fully saturated rings. The van der Waals surface area contributed by atoms with E-state index in [0.717, 1.165) is 21.2 Å². The molecule has 0 aliphatic carbocycles.